The SMILES string of the molecule is CC(C)(OC(=O)Nc1ccc2c(c1)N(S(=O)(=O)c1ccc(Cl)c(Cl)c1)CC(CCC(=O)O)O2)C(F)(F)F. The number of halogens is 5. The number of aliphatic carboxylic acids is 1. The molecule has 2 N–H and O–H groups in total. The Hall–Kier alpha value is -2.90. The number of benzene rings is 2. The van der Waals surface area contributed by atoms with E-state index in [2.05, 4.69) is 10.1 Å². The summed E-state index contributed by atoms with van der Waals surface area (Å²) in [6.07, 6.45) is -7.39. The third-order valence-electron chi connectivity index (χ3n) is 5.33. The highest BCUT2D eigenvalue weighted by Crippen LogP contribution is 2.40. The third-order valence-corrected chi connectivity index (χ3v) is 7.84. The number of carbonyl (C=O) groups is 2. The fourth-order valence-corrected chi connectivity index (χ4v) is 5.14. The molecule has 0 saturated heterocycles. The maximum Gasteiger partial charge on any atom is 0.427 e. The summed E-state index contributed by atoms with van der Waals surface area (Å²) >= 11 is 11.9. The highest BCUT2D eigenvalue weighted by molar-refractivity contribution is 7.92. The van der Waals surface area contributed by atoms with Crippen molar-refractivity contribution in [1.29, 1.82) is 0 Å². The zero-order chi connectivity index (χ0) is 27.8. The number of rotatable bonds is 7. The van der Waals surface area contributed by atoms with Crippen LogP contribution in [0, 0.1) is 0 Å². The van der Waals surface area contributed by atoms with Crippen molar-refractivity contribution in [3.8, 4) is 5.75 Å². The van der Waals surface area contributed by atoms with Gasteiger partial charge in [0.15, 0.2) is 0 Å². The zero-order valence-electron chi connectivity index (χ0n) is 19.3. The van der Waals surface area contributed by atoms with Crippen molar-refractivity contribution in [3.05, 3.63) is 46.4 Å². The van der Waals surface area contributed by atoms with Gasteiger partial charge < -0.3 is 14.6 Å². The maximum atomic E-state index is 13.5. The first-order chi connectivity index (χ1) is 17.0. The van der Waals surface area contributed by atoms with Gasteiger partial charge in [-0.3, -0.25) is 14.4 Å². The molecule has 0 aromatic heterocycles. The second-order valence-electron chi connectivity index (χ2n) is 8.49. The molecule has 1 aliphatic rings. The van der Waals surface area contributed by atoms with Crippen LogP contribution >= 0.6 is 23.2 Å². The minimum Gasteiger partial charge on any atom is -0.486 e. The molecule has 1 unspecified atom stereocenters. The van der Waals surface area contributed by atoms with E-state index in [0.717, 1.165) is 10.4 Å². The normalized spacial score (nSPS) is 16.0. The predicted molar refractivity (Wildman–Crippen MR) is 129 cm³/mol. The molecule has 202 valence electrons. The van der Waals surface area contributed by atoms with Crippen LogP contribution < -0.4 is 14.4 Å². The Morgan fingerprint density at radius 2 is 1.84 bits per heavy atom. The van der Waals surface area contributed by atoms with Crippen LogP contribution in [0.5, 0.6) is 5.75 Å². The minimum atomic E-state index is -4.83. The highest BCUT2D eigenvalue weighted by Gasteiger charge is 2.51. The van der Waals surface area contributed by atoms with E-state index in [1.54, 1.807) is 0 Å². The van der Waals surface area contributed by atoms with Crippen LogP contribution in [-0.2, 0) is 19.6 Å². The summed E-state index contributed by atoms with van der Waals surface area (Å²) in [5.41, 5.74) is -2.91. The van der Waals surface area contributed by atoms with Crippen molar-refractivity contribution in [2.45, 2.75) is 49.5 Å². The number of carboxylic acid groups (broad SMARTS) is 1. The van der Waals surface area contributed by atoms with Gasteiger partial charge >= 0.3 is 18.2 Å². The van der Waals surface area contributed by atoms with E-state index in [1.807, 2.05) is 0 Å². The number of hydrogen-bond acceptors (Lipinski definition) is 6. The van der Waals surface area contributed by atoms with Crippen LogP contribution in [0.15, 0.2) is 41.3 Å². The Bertz CT molecular complexity index is 1320. The number of carbonyl (C=O) groups excluding carboxylic acids is 1. The molecule has 0 spiro atoms. The molecule has 37 heavy (non-hydrogen) atoms. The first kappa shape index (κ1) is 28.7. The number of carboxylic acids is 1. The third kappa shape index (κ3) is 6.51. The quantitative estimate of drug-likeness (QED) is 0.427. The number of nitrogens with one attached hydrogen (secondary N) is 1. The minimum absolute atomic E-state index is 0.0129. The van der Waals surface area contributed by atoms with Crippen LogP contribution in [0.25, 0.3) is 0 Å². The van der Waals surface area contributed by atoms with E-state index in [-0.39, 0.29) is 51.5 Å². The molecule has 0 aliphatic carbocycles. The van der Waals surface area contributed by atoms with Gasteiger partial charge in [0.2, 0.25) is 5.60 Å². The van der Waals surface area contributed by atoms with E-state index >= 15 is 0 Å². The lowest BCUT2D eigenvalue weighted by atomic mass is 10.1. The van der Waals surface area contributed by atoms with Gasteiger partial charge in [0.05, 0.1) is 27.2 Å². The average molecular weight is 585 g/mol. The lowest BCUT2D eigenvalue weighted by molar-refractivity contribution is -0.242. The second kappa shape index (κ2) is 10.5. The molecule has 1 atom stereocenters. The van der Waals surface area contributed by atoms with Gasteiger partial charge in [0, 0.05) is 12.1 Å². The Morgan fingerprint density at radius 3 is 2.43 bits per heavy atom. The molecular weight excluding hydrogens is 564 g/mol. The number of ether oxygens (including phenoxy) is 2. The van der Waals surface area contributed by atoms with Crippen LogP contribution in [-0.4, -0.2) is 50.0 Å². The number of fused-ring (bicyclic) bond motifs is 1. The van der Waals surface area contributed by atoms with Gasteiger partial charge in [0.25, 0.3) is 10.0 Å². The van der Waals surface area contributed by atoms with Crippen molar-refractivity contribution in [3.63, 3.8) is 0 Å². The molecule has 2 aromatic rings. The number of amides is 1. The van der Waals surface area contributed by atoms with E-state index in [9.17, 15) is 31.2 Å². The first-order valence-corrected chi connectivity index (χ1v) is 12.8. The topological polar surface area (TPSA) is 122 Å². The zero-order valence-corrected chi connectivity index (χ0v) is 21.6. The van der Waals surface area contributed by atoms with Gasteiger partial charge in [-0.15, -0.1) is 0 Å². The Kier molecular flexibility index (Phi) is 8.11. The summed E-state index contributed by atoms with van der Waals surface area (Å²) in [5, 5.41) is 11.3. The highest BCUT2D eigenvalue weighted by atomic mass is 35.5. The van der Waals surface area contributed by atoms with Gasteiger partial charge in [-0.2, -0.15) is 13.2 Å². The second-order valence-corrected chi connectivity index (χ2v) is 11.2. The van der Waals surface area contributed by atoms with Crippen molar-refractivity contribution in [1.82, 2.24) is 0 Å². The smallest absolute Gasteiger partial charge is 0.427 e. The molecule has 1 amide bonds. The van der Waals surface area contributed by atoms with E-state index in [4.69, 9.17) is 33.0 Å². The molecule has 0 radical (unpaired) electrons. The van der Waals surface area contributed by atoms with Crippen molar-refractivity contribution in [2.24, 2.45) is 0 Å². The van der Waals surface area contributed by atoms with Crippen LogP contribution in [0.1, 0.15) is 26.7 Å². The summed E-state index contributed by atoms with van der Waals surface area (Å²) in [4.78, 5) is 22.9. The number of anilines is 2. The van der Waals surface area contributed by atoms with E-state index < -0.39 is 40.0 Å². The van der Waals surface area contributed by atoms with E-state index in [0.29, 0.717) is 13.8 Å². The molecule has 0 saturated carbocycles. The molecular formula is C22H21Cl2F3N2O7S. The molecule has 1 aliphatic heterocycles. The molecule has 0 bridgehead atoms. The standard InChI is InChI=1S/C22H21Cl2F3N2O7S/c1-21(2,22(25,26)27)36-20(32)28-12-3-7-18-17(9-12)29(11-13(35-18)4-8-19(30)31)37(33,34)14-5-6-15(23)16(24)10-14/h3,5-7,9-10,13H,4,8,11H2,1-2H3,(H,28,32)(H,30,31). The number of nitrogens with zero attached hydrogens (tertiary/aromatic N) is 1. The lowest BCUT2D eigenvalue weighted by Gasteiger charge is -2.35. The van der Waals surface area contributed by atoms with Gasteiger partial charge in [-0.1, -0.05) is 23.2 Å². The molecule has 15 heteroatoms. The number of hydrogen-bond donors (Lipinski definition) is 2. The largest absolute Gasteiger partial charge is 0.486 e. The fraction of sp³-hybridized carbons (Fsp3) is 0.364. The summed E-state index contributed by atoms with van der Waals surface area (Å²) < 4.78 is 77.4. The Labute approximate surface area is 220 Å². The molecule has 1 heterocycles. The number of alkyl halides is 3. The molecule has 9 nitrogen and oxygen atoms in total. The lowest BCUT2D eigenvalue weighted by Crippen LogP contribution is -2.44. The average Bonchev–Trinajstić information content (AvgIpc) is 2.77. The monoisotopic (exact) mass is 584 g/mol. The summed E-state index contributed by atoms with van der Waals surface area (Å²) in [7, 11) is -4.31. The van der Waals surface area contributed by atoms with Gasteiger partial charge in [0.1, 0.15) is 11.9 Å². The molecule has 2 aromatic carbocycles. The maximum absolute atomic E-state index is 13.5. The van der Waals surface area contributed by atoms with Crippen LogP contribution in [0.2, 0.25) is 10.0 Å². The predicted octanol–water partition coefficient (Wildman–Crippen LogP) is 5.70. The van der Waals surface area contributed by atoms with E-state index in [1.165, 1.54) is 30.3 Å². The van der Waals surface area contributed by atoms with Gasteiger partial charge in [-0.05, 0) is 56.7 Å². The van der Waals surface area contributed by atoms with Crippen molar-refractivity contribution < 1.29 is 45.8 Å². The van der Waals surface area contributed by atoms with Crippen LogP contribution in [0.4, 0.5) is 29.3 Å². The number of sulfonamides is 1. The van der Waals surface area contributed by atoms with Crippen molar-refractivity contribution >= 4 is 56.7 Å². The molecule has 3 rings (SSSR count). The Morgan fingerprint density at radius 1 is 1.16 bits per heavy atom. The van der Waals surface area contributed by atoms with Crippen LogP contribution in [0.3, 0.4) is 0 Å². The fourth-order valence-electron chi connectivity index (χ4n) is 3.25. The summed E-state index contributed by atoms with van der Waals surface area (Å²) in [6.45, 7) is 1.06. The summed E-state index contributed by atoms with van der Waals surface area (Å²) in [6, 6.07) is 7.40. The summed E-state index contributed by atoms with van der Waals surface area (Å²) in [5.74, 6) is -1.06. The van der Waals surface area contributed by atoms with Gasteiger partial charge in [-0.25, -0.2) is 13.2 Å². The van der Waals surface area contributed by atoms with Crippen molar-refractivity contribution in [2.75, 3.05) is 16.2 Å². The first-order valence-electron chi connectivity index (χ1n) is 10.6. The Balaban J connectivity index is 1.97. The molecule has 0 fully saturated rings.